The van der Waals surface area contributed by atoms with E-state index in [1.54, 1.807) is 19.4 Å². The van der Waals surface area contributed by atoms with Gasteiger partial charge in [-0.2, -0.15) is 0 Å². The maximum Gasteiger partial charge on any atom is 0.315 e. The second kappa shape index (κ2) is 5.71. The Morgan fingerprint density at radius 1 is 1.56 bits per heavy atom. The predicted octanol–water partition coefficient (Wildman–Crippen LogP) is 1.69. The highest BCUT2D eigenvalue weighted by atomic mass is 16.5. The number of ether oxygens (including phenoxy) is 1. The van der Waals surface area contributed by atoms with Gasteiger partial charge in [0, 0.05) is 24.8 Å². The van der Waals surface area contributed by atoms with E-state index in [1.807, 2.05) is 13.0 Å². The van der Waals surface area contributed by atoms with Crippen molar-refractivity contribution < 1.29 is 9.53 Å². The molecule has 1 unspecified atom stereocenters. The summed E-state index contributed by atoms with van der Waals surface area (Å²) in [6.07, 6.45) is 4.15. The summed E-state index contributed by atoms with van der Waals surface area (Å²) < 4.78 is 4.97. The molecule has 2 amide bonds. The molecule has 1 fully saturated rings. The monoisotopic (exact) mass is 249 g/mol. The maximum absolute atomic E-state index is 11.6. The van der Waals surface area contributed by atoms with Crippen molar-refractivity contribution in [3.8, 4) is 5.88 Å². The Bertz CT molecular complexity index is 401. The number of nitrogens with one attached hydrogen (secondary N) is 2. The summed E-state index contributed by atoms with van der Waals surface area (Å²) in [4.78, 5) is 15.7. The average molecular weight is 249 g/mol. The Kier molecular flexibility index (Phi) is 4.02. The fourth-order valence-corrected chi connectivity index (χ4v) is 1.79. The third-order valence-electron chi connectivity index (χ3n) is 3.15. The highest BCUT2D eigenvalue weighted by Crippen LogP contribution is 2.32. The Morgan fingerprint density at radius 3 is 2.89 bits per heavy atom. The Labute approximate surface area is 107 Å². The van der Waals surface area contributed by atoms with Gasteiger partial charge in [-0.05, 0) is 31.2 Å². The lowest BCUT2D eigenvalue weighted by molar-refractivity contribution is 0.236. The number of carbonyl (C=O) groups excluding carboxylic acids is 1. The largest absolute Gasteiger partial charge is 0.481 e. The number of pyridine rings is 1. The van der Waals surface area contributed by atoms with Crippen LogP contribution in [-0.2, 0) is 6.54 Å². The van der Waals surface area contributed by atoms with Gasteiger partial charge in [-0.1, -0.05) is 6.07 Å². The maximum atomic E-state index is 11.6. The van der Waals surface area contributed by atoms with Gasteiger partial charge in [-0.15, -0.1) is 0 Å². The first kappa shape index (κ1) is 12.7. The molecule has 1 aromatic heterocycles. The Balaban J connectivity index is 1.74. The van der Waals surface area contributed by atoms with Crippen LogP contribution in [0, 0.1) is 5.92 Å². The highest BCUT2D eigenvalue weighted by molar-refractivity contribution is 5.74. The van der Waals surface area contributed by atoms with Gasteiger partial charge >= 0.3 is 6.03 Å². The van der Waals surface area contributed by atoms with Crippen LogP contribution in [0.1, 0.15) is 25.3 Å². The quantitative estimate of drug-likeness (QED) is 0.834. The van der Waals surface area contributed by atoms with E-state index in [0.29, 0.717) is 18.3 Å². The minimum atomic E-state index is -0.120. The summed E-state index contributed by atoms with van der Waals surface area (Å²) in [6, 6.07) is 3.81. The molecule has 0 saturated heterocycles. The van der Waals surface area contributed by atoms with Crippen molar-refractivity contribution in [1.82, 2.24) is 15.6 Å². The van der Waals surface area contributed by atoms with E-state index in [9.17, 15) is 4.79 Å². The molecule has 1 aliphatic carbocycles. The van der Waals surface area contributed by atoms with Crippen molar-refractivity contribution in [1.29, 1.82) is 0 Å². The molecule has 2 rings (SSSR count). The Hall–Kier alpha value is -1.78. The average Bonchev–Trinajstić information content (AvgIpc) is 3.21. The molecule has 1 aromatic rings. The first-order valence-electron chi connectivity index (χ1n) is 6.22. The zero-order valence-corrected chi connectivity index (χ0v) is 10.8. The standard InChI is InChI=1S/C13H19N3O2/c1-9(11-4-5-11)16-13(17)15-8-10-3-6-12(18-2)14-7-10/h3,6-7,9,11H,4-5,8H2,1-2H3,(H2,15,16,17). The van der Waals surface area contributed by atoms with Crippen molar-refractivity contribution in [2.24, 2.45) is 5.92 Å². The van der Waals surface area contributed by atoms with Gasteiger partial charge in [0.25, 0.3) is 0 Å². The lowest BCUT2D eigenvalue weighted by Crippen LogP contribution is -2.41. The Morgan fingerprint density at radius 2 is 2.33 bits per heavy atom. The van der Waals surface area contributed by atoms with Gasteiger partial charge in [-0.3, -0.25) is 0 Å². The second-order valence-electron chi connectivity index (χ2n) is 4.66. The number of rotatable bonds is 5. The van der Waals surface area contributed by atoms with Gasteiger partial charge < -0.3 is 15.4 Å². The third kappa shape index (κ3) is 3.61. The van der Waals surface area contributed by atoms with Crippen molar-refractivity contribution in [2.75, 3.05) is 7.11 Å². The molecule has 1 saturated carbocycles. The van der Waals surface area contributed by atoms with Crippen LogP contribution in [0.3, 0.4) is 0 Å². The van der Waals surface area contributed by atoms with Gasteiger partial charge in [0.1, 0.15) is 0 Å². The fourth-order valence-electron chi connectivity index (χ4n) is 1.79. The van der Waals surface area contributed by atoms with E-state index in [0.717, 1.165) is 5.56 Å². The predicted molar refractivity (Wildman–Crippen MR) is 68.3 cm³/mol. The summed E-state index contributed by atoms with van der Waals surface area (Å²) in [5.74, 6) is 1.24. The van der Waals surface area contributed by atoms with Crippen molar-refractivity contribution in [2.45, 2.75) is 32.4 Å². The molecule has 5 nitrogen and oxygen atoms in total. The van der Waals surface area contributed by atoms with E-state index in [-0.39, 0.29) is 12.1 Å². The van der Waals surface area contributed by atoms with Gasteiger partial charge in [0.15, 0.2) is 0 Å². The molecule has 0 radical (unpaired) electrons. The van der Waals surface area contributed by atoms with Crippen LogP contribution in [0.5, 0.6) is 5.88 Å². The summed E-state index contributed by atoms with van der Waals surface area (Å²) in [5.41, 5.74) is 0.949. The normalized spacial score (nSPS) is 15.9. The molecule has 1 aliphatic rings. The zero-order valence-electron chi connectivity index (χ0n) is 10.8. The van der Waals surface area contributed by atoms with Crippen LogP contribution in [0.15, 0.2) is 18.3 Å². The topological polar surface area (TPSA) is 63.2 Å². The number of nitrogens with zero attached hydrogens (tertiary/aromatic N) is 1. The van der Waals surface area contributed by atoms with E-state index in [2.05, 4.69) is 15.6 Å². The smallest absolute Gasteiger partial charge is 0.315 e. The molecule has 98 valence electrons. The number of aromatic nitrogens is 1. The molecule has 1 heterocycles. The van der Waals surface area contributed by atoms with Crippen LogP contribution in [0.25, 0.3) is 0 Å². The number of hydrogen-bond acceptors (Lipinski definition) is 3. The lowest BCUT2D eigenvalue weighted by Gasteiger charge is -2.13. The summed E-state index contributed by atoms with van der Waals surface area (Å²) in [5, 5.41) is 5.76. The van der Waals surface area contributed by atoms with Crippen LogP contribution in [0.4, 0.5) is 4.79 Å². The molecular formula is C13H19N3O2. The molecule has 0 aliphatic heterocycles. The second-order valence-corrected chi connectivity index (χ2v) is 4.66. The van der Waals surface area contributed by atoms with Crippen LogP contribution in [0.2, 0.25) is 0 Å². The van der Waals surface area contributed by atoms with E-state index >= 15 is 0 Å². The molecule has 0 spiro atoms. The van der Waals surface area contributed by atoms with Gasteiger partial charge in [0.05, 0.1) is 7.11 Å². The molecule has 0 aromatic carbocycles. The van der Waals surface area contributed by atoms with Crippen LogP contribution in [-0.4, -0.2) is 24.2 Å². The van der Waals surface area contributed by atoms with E-state index in [4.69, 9.17) is 4.74 Å². The lowest BCUT2D eigenvalue weighted by atomic mass is 10.2. The summed E-state index contributed by atoms with van der Waals surface area (Å²) in [7, 11) is 1.58. The number of hydrogen-bond donors (Lipinski definition) is 2. The first-order chi connectivity index (χ1) is 8.69. The minimum absolute atomic E-state index is 0.120. The van der Waals surface area contributed by atoms with Crippen molar-refractivity contribution in [3.63, 3.8) is 0 Å². The number of methoxy groups -OCH3 is 1. The molecule has 0 bridgehead atoms. The van der Waals surface area contributed by atoms with Gasteiger partial charge in [-0.25, -0.2) is 9.78 Å². The summed E-state index contributed by atoms with van der Waals surface area (Å²) >= 11 is 0. The van der Waals surface area contributed by atoms with Crippen LogP contribution >= 0.6 is 0 Å². The van der Waals surface area contributed by atoms with E-state index in [1.165, 1.54) is 12.8 Å². The van der Waals surface area contributed by atoms with Crippen molar-refractivity contribution in [3.05, 3.63) is 23.9 Å². The van der Waals surface area contributed by atoms with Crippen molar-refractivity contribution >= 4 is 6.03 Å². The highest BCUT2D eigenvalue weighted by Gasteiger charge is 2.28. The molecule has 1 atom stereocenters. The number of urea groups is 1. The number of carbonyl (C=O) groups is 1. The molecule has 2 N–H and O–H groups in total. The van der Waals surface area contributed by atoms with E-state index < -0.39 is 0 Å². The third-order valence-corrected chi connectivity index (χ3v) is 3.15. The molecule has 18 heavy (non-hydrogen) atoms. The molecule has 5 heteroatoms. The first-order valence-corrected chi connectivity index (χ1v) is 6.22. The zero-order chi connectivity index (χ0) is 13.0. The number of amides is 2. The fraction of sp³-hybridized carbons (Fsp3) is 0.538. The van der Waals surface area contributed by atoms with Crippen LogP contribution < -0.4 is 15.4 Å². The van der Waals surface area contributed by atoms with Gasteiger partial charge in [0.2, 0.25) is 5.88 Å². The summed E-state index contributed by atoms with van der Waals surface area (Å²) in [6.45, 7) is 2.52. The minimum Gasteiger partial charge on any atom is -0.481 e. The SMILES string of the molecule is COc1ccc(CNC(=O)NC(C)C2CC2)cn1. The molecular weight excluding hydrogens is 230 g/mol.